The van der Waals surface area contributed by atoms with E-state index in [9.17, 15) is 9.90 Å². The zero-order valence-electron chi connectivity index (χ0n) is 19.7. The van der Waals surface area contributed by atoms with E-state index in [0.29, 0.717) is 34.4 Å². The number of methoxy groups -OCH3 is 1. The van der Waals surface area contributed by atoms with Crippen molar-refractivity contribution in [2.45, 2.75) is 32.4 Å². The largest absolute Gasteiger partial charge is 0.507 e. The summed E-state index contributed by atoms with van der Waals surface area (Å²) in [7, 11) is 1.63. The number of nitrogens with one attached hydrogen (secondary N) is 1. The Labute approximate surface area is 209 Å². The van der Waals surface area contributed by atoms with E-state index in [1.807, 2.05) is 29.2 Å². The van der Waals surface area contributed by atoms with Gasteiger partial charge in [0.25, 0.3) is 5.91 Å². The lowest BCUT2D eigenvalue weighted by Crippen LogP contribution is -2.29. The molecule has 6 nitrogen and oxygen atoms in total. The molecular formula is C28H26ClN3O3. The zero-order valence-corrected chi connectivity index (χ0v) is 20.5. The van der Waals surface area contributed by atoms with Gasteiger partial charge < -0.3 is 14.7 Å². The third-order valence-corrected chi connectivity index (χ3v) is 6.74. The van der Waals surface area contributed by atoms with Crippen molar-refractivity contribution in [1.82, 2.24) is 15.1 Å². The molecule has 0 saturated heterocycles. The molecule has 1 aromatic heterocycles. The van der Waals surface area contributed by atoms with Crippen LogP contribution >= 0.6 is 11.6 Å². The third kappa shape index (κ3) is 4.15. The molecule has 1 aliphatic heterocycles. The molecule has 178 valence electrons. The quantitative estimate of drug-likeness (QED) is 0.334. The van der Waals surface area contributed by atoms with Crippen molar-refractivity contribution in [1.29, 1.82) is 0 Å². The highest BCUT2D eigenvalue weighted by molar-refractivity contribution is 6.31. The van der Waals surface area contributed by atoms with Gasteiger partial charge in [-0.1, -0.05) is 61.8 Å². The van der Waals surface area contributed by atoms with Gasteiger partial charge in [-0.15, -0.1) is 0 Å². The van der Waals surface area contributed by atoms with E-state index in [1.54, 1.807) is 19.2 Å². The Kier molecular flexibility index (Phi) is 5.99. The maximum Gasteiger partial charge on any atom is 0.273 e. The fraction of sp³-hybridized carbons (Fsp3) is 0.214. The number of carbonyl (C=O) groups excluding carboxylic acids is 1. The number of halogens is 1. The molecule has 35 heavy (non-hydrogen) atoms. The fourth-order valence-corrected chi connectivity index (χ4v) is 4.77. The van der Waals surface area contributed by atoms with Crippen LogP contribution in [0.1, 0.15) is 58.5 Å². The molecule has 2 N–H and O–H groups in total. The highest BCUT2D eigenvalue weighted by Crippen LogP contribution is 2.45. The predicted molar refractivity (Wildman–Crippen MR) is 136 cm³/mol. The second-order valence-corrected chi connectivity index (χ2v) is 9.46. The predicted octanol–water partition coefficient (Wildman–Crippen LogP) is 6.31. The molecule has 5 rings (SSSR count). The van der Waals surface area contributed by atoms with Gasteiger partial charge in [-0.3, -0.25) is 9.89 Å². The highest BCUT2D eigenvalue weighted by atomic mass is 35.5. The first-order valence-corrected chi connectivity index (χ1v) is 11.9. The molecule has 1 unspecified atom stereocenters. The van der Waals surface area contributed by atoms with E-state index in [1.165, 1.54) is 11.6 Å². The first-order valence-electron chi connectivity index (χ1n) is 11.5. The number of hydrogen-bond donors (Lipinski definition) is 2. The minimum Gasteiger partial charge on any atom is -0.507 e. The van der Waals surface area contributed by atoms with Crippen molar-refractivity contribution in [3.8, 4) is 22.8 Å². The van der Waals surface area contributed by atoms with Gasteiger partial charge in [0.1, 0.15) is 22.9 Å². The third-order valence-electron chi connectivity index (χ3n) is 6.51. The van der Waals surface area contributed by atoms with Gasteiger partial charge in [0, 0.05) is 22.7 Å². The number of aromatic amines is 1. The number of phenolic OH excluding ortho intramolecular Hbond substituents is 1. The van der Waals surface area contributed by atoms with E-state index >= 15 is 0 Å². The standard InChI is InChI=1S/C28H26ClN3O3/c1-16(2)18-6-8-19(9-7-18)27-24-25(22-14-20(29)10-13-23(22)33)30-31-26(24)28(34)32(27)15-17-4-11-21(35-3)12-5-17/h4-14,16,27,33H,15H2,1-3H3,(H,30,31). The second-order valence-electron chi connectivity index (χ2n) is 9.03. The van der Waals surface area contributed by atoms with Crippen molar-refractivity contribution >= 4 is 17.5 Å². The van der Waals surface area contributed by atoms with Crippen LogP contribution in [0.5, 0.6) is 11.5 Å². The Morgan fingerprint density at radius 3 is 2.46 bits per heavy atom. The smallest absolute Gasteiger partial charge is 0.273 e. The molecular weight excluding hydrogens is 462 g/mol. The maximum absolute atomic E-state index is 13.6. The highest BCUT2D eigenvalue weighted by Gasteiger charge is 2.42. The number of amides is 1. The lowest BCUT2D eigenvalue weighted by molar-refractivity contribution is 0.0730. The van der Waals surface area contributed by atoms with Crippen molar-refractivity contribution in [2.75, 3.05) is 7.11 Å². The number of phenols is 1. The Balaban J connectivity index is 1.63. The zero-order chi connectivity index (χ0) is 24.7. The van der Waals surface area contributed by atoms with Crippen LogP contribution in [-0.4, -0.2) is 33.2 Å². The number of nitrogens with zero attached hydrogens (tertiary/aromatic N) is 2. The number of aromatic nitrogens is 2. The van der Waals surface area contributed by atoms with Crippen LogP contribution < -0.4 is 4.74 Å². The average molecular weight is 488 g/mol. The van der Waals surface area contributed by atoms with Gasteiger partial charge in [0.2, 0.25) is 0 Å². The number of benzene rings is 3. The molecule has 2 heterocycles. The molecule has 0 spiro atoms. The summed E-state index contributed by atoms with van der Waals surface area (Å²) < 4.78 is 5.28. The summed E-state index contributed by atoms with van der Waals surface area (Å²) in [5.74, 6) is 1.07. The maximum atomic E-state index is 13.6. The van der Waals surface area contributed by atoms with Crippen molar-refractivity contribution in [3.05, 3.63) is 99.7 Å². The van der Waals surface area contributed by atoms with Crippen LogP contribution in [0.4, 0.5) is 0 Å². The number of fused-ring (bicyclic) bond motifs is 1. The molecule has 1 aliphatic rings. The Hall–Kier alpha value is -3.77. The lowest BCUT2D eigenvalue weighted by Gasteiger charge is -2.27. The van der Waals surface area contributed by atoms with E-state index < -0.39 is 0 Å². The van der Waals surface area contributed by atoms with Crippen LogP contribution in [0.15, 0.2) is 66.7 Å². The number of ether oxygens (including phenoxy) is 1. The molecule has 4 aromatic rings. The second kappa shape index (κ2) is 9.12. The van der Waals surface area contributed by atoms with Gasteiger partial charge in [-0.2, -0.15) is 5.10 Å². The summed E-state index contributed by atoms with van der Waals surface area (Å²) in [5.41, 5.74) is 5.33. The summed E-state index contributed by atoms with van der Waals surface area (Å²) in [5, 5.41) is 18.4. The monoisotopic (exact) mass is 487 g/mol. The van der Waals surface area contributed by atoms with Gasteiger partial charge >= 0.3 is 0 Å². The van der Waals surface area contributed by atoms with E-state index in [-0.39, 0.29) is 17.7 Å². The summed E-state index contributed by atoms with van der Waals surface area (Å²) in [6, 6.07) is 20.5. The van der Waals surface area contributed by atoms with Gasteiger partial charge in [-0.25, -0.2) is 0 Å². The molecule has 0 saturated carbocycles. The minimum absolute atomic E-state index is 0.0543. The minimum atomic E-state index is -0.382. The first-order chi connectivity index (χ1) is 16.9. The molecule has 3 aromatic carbocycles. The van der Waals surface area contributed by atoms with Gasteiger partial charge in [0.05, 0.1) is 13.2 Å². The van der Waals surface area contributed by atoms with Crippen LogP contribution in [0.2, 0.25) is 5.02 Å². The Morgan fingerprint density at radius 1 is 1.09 bits per heavy atom. The van der Waals surface area contributed by atoms with E-state index in [4.69, 9.17) is 16.3 Å². The average Bonchev–Trinajstić information content (AvgIpc) is 3.40. The summed E-state index contributed by atoms with van der Waals surface area (Å²) in [4.78, 5) is 15.5. The number of rotatable bonds is 6. The lowest BCUT2D eigenvalue weighted by atomic mass is 9.93. The topological polar surface area (TPSA) is 78.5 Å². The van der Waals surface area contributed by atoms with E-state index in [0.717, 1.165) is 22.4 Å². The summed E-state index contributed by atoms with van der Waals surface area (Å²) >= 11 is 6.24. The van der Waals surface area contributed by atoms with Crippen molar-refractivity contribution in [2.24, 2.45) is 0 Å². The normalized spacial score (nSPS) is 15.1. The molecule has 1 amide bonds. The van der Waals surface area contributed by atoms with Crippen LogP contribution in [0, 0.1) is 0 Å². The Bertz CT molecular complexity index is 1380. The molecule has 1 atom stereocenters. The van der Waals surface area contributed by atoms with Crippen LogP contribution in [-0.2, 0) is 6.54 Å². The molecule has 0 fully saturated rings. The van der Waals surface area contributed by atoms with Crippen molar-refractivity contribution in [3.63, 3.8) is 0 Å². The van der Waals surface area contributed by atoms with Crippen molar-refractivity contribution < 1.29 is 14.6 Å². The number of carbonyl (C=O) groups is 1. The van der Waals surface area contributed by atoms with E-state index in [2.05, 4.69) is 48.3 Å². The number of H-pyrrole nitrogens is 1. The summed E-state index contributed by atoms with van der Waals surface area (Å²) in [6.07, 6.45) is 0. The molecule has 0 aliphatic carbocycles. The van der Waals surface area contributed by atoms with Crippen LogP contribution in [0.25, 0.3) is 11.3 Å². The Morgan fingerprint density at radius 2 is 1.80 bits per heavy atom. The van der Waals surface area contributed by atoms with Crippen LogP contribution in [0.3, 0.4) is 0 Å². The molecule has 0 radical (unpaired) electrons. The summed E-state index contributed by atoms with van der Waals surface area (Å²) in [6.45, 7) is 4.71. The molecule has 7 heteroatoms. The number of aromatic hydroxyl groups is 1. The SMILES string of the molecule is COc1ccc(CN2C(=O)c3[nH]nc(-c4cc(Cl)ccc4O)c3C2c2ccc(C(C)C)cc2)cc1. The van der Waals surface area contributed by atoms with Gasteiger partial charge in [0.15, 0.2) is 0 Å². The molecule has 0 bridgehead atoms. The number of hydrogen-bond acceptors (Lipinski definition) is 4. The fourth-order valence-electron chi connectivity index (χ4n) is 4.60. The first kappa shape index (κ1) is 23.0. The van der Waals surface area contributed by atoms with Gasteiger partial charge in [-0.05, 0) is 52.9 Å².